The van der Waals surface area contributed by atoms with E-state index in [-0.39, 0.29) is 23.1 Å². The van der Waals surface area contributed by atoms with Crippen LogP contribution in [0.15, 0.2) is 40.2 Å². The molecule has 1 heterocycles. The van der Waals surface area contributed by atoms with Crippen LogP contribution < -0.4 is 4.74 Å². The van der Waals surface area contributed by atoms with Gasteiger partial charge >= 0.3 is 0 Å². The van der Waals surface area contributed by atoms with E-state index in [2.05, 4.69) is 9.98 Å². The lowest BCUT2D eigenvalue weighted by Crippen LogP contribution is -2.15. The van der Waals surface area contributed by atoms with Crippen LogP contribution in [-0.4, -0.2) is 48.5 Å². The fraction of sp³-hybridized carbons (Fsp3) is 0.316. The molecule has 2 aromatic rings. The zero-order valence-electron chi connectivity index (χ0n) is 15.3. The Kier molecular flexibility index (Phi) is 7.48. The number of nitrogens with zero attached hydrogens (tertiary/aromatic N) is 3. The first-order valence-corrected chi connectivity index (χ1v) is 9.76. The smallest absolute Gasteiger partial charge is 0.220 e. The SMILES string of the molecule is CCN(C)C=Nc1cc(Cl)c(C(=O)COc2cccc(SC)c2)nc1C. The molecule has 5 nitrogen and oxygen atoms in total. The zero-order valence-corrected chi connectivity index (χ0v) is 16.9. The van der Waals surface area contributed by atoms with Gasteiger partial charge in [-0.2, -0.15) is 0 Å². The predicted molar refractivity (Wildman–Crippen MR) is 108 cm³/mol. The van der Waals surface area contributed by atoms with Gasteiger partial charge in [0.1, 0.15) is 11.4 Å². The summed E-state index contributed by atoms with van der Waals surface area (Å²) in [5, 5.41) is 0.272. The van der Waals surface area contributed by atoms with Crippen LogP contribution in [-0.2, 0) is 0 Å². The second-order valence-electron chi connectivity index (χ2n) is 5.63. The molecular weight excluding hydrogens is 370 g/mol. The molecule has 26 heavy (non-hydrogen) atoms. The first-order chi connectivity index (χ1) is 12.4. The molecule has 0 aliphatic rings. The number of benzene rings is 1. The summed E-state index contributed by atoms with van der Waals surface area (Å²) >= 11 is 7.86. The Balaban J connectivity index is 2.11. The molecule has 0 bridgehead atoms. The Morgan fingerprint density at radius 3 is 2.88 bits per heavy atom. The van der Waals surface area contributed by atoms with Crippen LogP contribution in [0.2, 0.25) is 5.02 Å². The summed E-state index contributed by atoms with van der Waals surface area (Å²) in [4.78, 5) is 24.1. The maximum atomic E-state index is 12.4. The third-order valence-corrected chi connectivity index (χ3v) is 4.72. The number of ether oxygens (including phenoxy) is 1. The molecule has 0 aliphatic carbocycles. The Morgan fingerprint density at radius 1 is 1.42 bits per heavy atom. The molecule has 0 aliphatic heterocycles. The number of pyridine rings is 1. The maximum absolute atomic E-state index is 12.4. The zero-order chi connectivity index (χ0) is 19.1. The van der Waals surface area contributed by atoms with Crippen LogP contribution in [0.3, 0.4) is 0 Å². The highest BCUT2D eigenvalue weighted by atomic mass is 35.5. The minimum atomic E-state index is -0.270. The highest BCUT2D eigenvalue weighted by Crippen LogP contribution is 2.25. The largest absolute Gasteiger partial charge is 0.485 e. The first-order valence-electron chi connectivity index (χ1n) is 8.16. The molecule has 2 rings (SSSR count). The summed E-state index contributed by atoms with van der Waals surface area (Å²) < 4.78 is 5.59. The van der Waals surface area contributed by atoms with Gasteiger partial charge in [0, 0.05) is 18.5 Å². The molecule has 1 aromatic heterocycles. The van der Waals surface area contributed by atoms with Crippen molar-refractivity contribution in [1.82, 2.24) is 9.88 Å². The topological polar surface area (TPSA) is 54.8 Å². The number of thioether (sulfide) groups is 1. The van der Waals surface area contributed by atoms with Crippen molar-refractivity contribution in [2.24, 2.45) is 4.99 Å². The summed E-state index contributed by atoms with van der Waals surface area (Å²) in [7, 11) is 1.93. The number of aliphatic imine (C=N–C) groups is 1. The van der Waals surface area contributed by atoms with Crippen molar-refractivity contribution in [2.45, 2.75) is 18.7 Å². The van der Waals surface area contributed by atoms with Gasteiger partial charge < -0.3 is 9.64 Å². The van der Waals surface area contributed by atoms with E-state index in [9.17, 15) is 4.79 Å². The quantitative estimate of drug-likeness (QED) is 0.284. The van der Waals surface area contributed by atoms with Crippen molar-refractivity contribution in [3.63, 3.8) is 0 Å². The Labute approximate surface area is 163 Å². The minimum absolute atomic E-state index is 0.120. The number of carbonyl (C=O) groups excluding carboxylic acids is 1. The van der Waals surface area contributed by atoms with Crippen LogP contribution in [0.1, 0.15) is 23.1 Å². The molecule has 0 saturated heterocycles. The van der Waals surface area contributed by atoms with Gasteiger partial charge in [-0.05, 0) is 44.4 Å². The molecule has 0 saturated carbocycles. The van der Waals surface area contributed by atoms with E-state index < -0.39 is 0 Å². The summed E-state index contributed by atoms with van der Waals surface area (Å²) in [5.41, 5.74) is 1.48. The fourth-order valence-corrected chi connectivity index (χ4v) is 2.75. The van der Waals surface area contributed by atoms with E-state index in [1.165, 1.54) is 0 Å². The van der Waals surface area contributed by atoms with Crippen molar-refractivity contribution in [1.29, 1.82) is 0 Å². The van der Waals surface area contributed by atoms with E-state index in [0.717, 1.165) is 11.4 Å². The predicted octanol–water partition coefficient (Wildman–Crippen LogP) is 4.64. The van der Waals surface area contributed by atoms with Crippen molar-refractivity contribution in [2.75, 3.05) is 26.5 Å². The second kappa shape index (κ2) is 9.59. The fourth-order valence-electron chi connectivity index (χ4n) is 2.05. The highest BCUT2D eigenvalue weighted by molar-refractivity contribution is 7.98. The number of hydrogen-bond acceptors (Lipinski definition) is 5. The molecule has 7 heteroatoms. The summed E-state index contributed by atoms with van der Waals surface area (Å²) in [6.07, 6.45) is 3.70. The van der Waals surface area contributed by atoms with Gasteiger partial charge in [-0.1, -0.05) is 17.7 Å². The van der Waals surface area contributed by atoms with Crippen LogP contribution in [0.25, 0.3) is 0 Å². The van der Waals surface area contributed by atoms with Crippen molar-refractivity contribution >= 4 is 41.2 Å². The molecule has 1 aromatic carbocycles. The third kappa shape index (κ3) is 5.47. The van der Waals surface area contributed by atoms with Gasteiger partial charge in [-0.3, -0.25) is 4.79 Å². The Morgan fingerprint density at radius 2 is 2.19 bits per heavy atom. The van der Waals surface area contributed by atoms with Gasteiger partial charge in [0.2, 0.25) is 5.78 Å². The van der Waals surface area contributed by atoms with Gasteiger partial charge in [0.15, 0.2) is 6.61 Å². The lowest BCUT2D eigenvalue weighted by atomic mass is 10.2. The number of aryl methyl sites for hydroxylation is 1. The summed E-state index contributed by atoms with van der Waals surface area (Å²) in [6.45, 7) is 4.55. The number of halogens is 1. The molecule has 0 N–H and O–H groups in total. The molecule has 0 radical (unpaired) electrons. The van der Waals surface area contributed by atoms with Gasteiger partial charge in [0.05, 0.1) is 22.7 Å². The molecule has 0 fully saturated rings. The van der Waals surface area contributed by atoms with E-state index in [1.807, 2.05) is 49.4 Å². The first kappa shape index (κ1) is 20.3. The lowest BCUT2D eigenvalue weighted by Gasteiger charge is -2.10. The van der Waals surface area contributed by atoms with Crippen LogP contribution in [0.5, 0.6) is 5.75 Å². The maximum Gasteiger partial charge on any atom is 0.220 e. The van der Waals surface area contributed by atoms with Crippen LogP contribution >= 0.6 is 23.4 Å². The number of rotatable bonds is 8. The second-order valence-corrected chi connectivity index (χ2v) is 6.92. The van der Waals surface area contributed by atoms with E-state index in [1.54, 1.807) is 31.1 Å². The lowest BCUT2D eigenvalue weighted by molar-refractivity contribution is 0.0916. The van der Waals surface area contributed by atoms with Crippen LogP contribution in [0.4, 0.5) is 5.69 Å². The van der Waals surface area contributed by atoms with Gasteiger partial charge in [-0.15, -0.1) is 11.8 Å². The van der Waals surface area contributed by atoms with Gasteiger partial charge in [-0.25, -0.2) is 9.98 Å². The molecule has 0 spiro atoms. The number of Topliss-reactive ketones (excluding diaryl/α,β-unsaturated/α-hetero) is 1. The minimum Gasteiger partial charge on any atom is -0.485 e. The molecule has 0 unspecified atom stereocenters. The summed E-state index contributed by atoms with van der Waals surface area (Å²) in [6, 6.07) is 9.23. The standard InChI is InChI=1S/C19H22ClN3O2S/c1-5-23(3)12-21-17-10-16(20)19(22-13(17)2)18(24)11-25-14-7-6-8-15(9-14)26-4/h6-10,12H,5,11H2,1-4H3. The summed E-state index contributed by atoms with van der Waals surface area (Å²) in [5.74, 6) is 0.371. The monoisotopic (exact) mass is 391 g/mol. The highest BCUT2D eigenvalue weighted by Gasteiger charge is 2.16. The van der Waals surface area contributed by atoms with E-state index in [4.69, 9.17) is 16.3 Å². The average Bonchev–Trinajstić information content (AvgIpc) is 2.66. The van der Waals surface area contributed by atoms with Crippen molar-refractivity contribution in [3.8, 4) is 5.75 Å². The Bertz CT molecular complexity index is 811. The van der Waals surface area contributed by atoms with Crippen molar-refractivity contribution < 1.29 is 9.53 Å². The van der Waals surface area contributed by atoms with E-state index >= 15 is 0 Å². The van der Waals surface area contributed by atoms with Crippen LogP contribution in [0, 0.1) is 6.92 Å². The normalized spacial score (nSPS) is 11.0. The molecule has 0 atom stereocenters. The number of ketones is 1. The van der Waals surface area contributed by atoms with E-state index in [0.29, 0.717) is 17.1 Å². The number of aromatic nitrogens is 1. The molecule has 0 amide bonds. The Hall–Kier alpha value is -2.05. The number of hydrogen-bond donors (Lipinski definition) is 0. The average molecular weight is 392 g/mol. The van der Waals surface area contributed by atoms with Crippen molar-refractivity contribution in [3.05, 3.63) is 46.7 Å². The van der Waals surface area contributed by atoms with Gasteiger partial charge in [0.25, 0.3) is 0 Å². The molecule has 138 valence electrons. The molecular formula is C19H22ClN3O2S. The third-order valence-electron chi connectivity index (χ3n) is 3.71. The number of carbonyl (C=O) groups is 1.